The lowest BCUT2D eigenvalue weighted by molar-refractivity contribution is -0.143. The number of hydrogen-bond acceptors (Lipinski definition) is 7. The molecule has 6 rings (SSSR count). The lowest BCUT2D eigenvalue weighted by Gasteiger charge is -2.33. The number of aliphatic hydroxyl groups excluding tert-OH is 1. The molecule has 256 valence electrons. The Morgan fingerprint density at radius 3 is 2.23 bits per heavy atom. The summed E-state index contributed by atoms with van der Waals surface area (Å²) in [5.41, 5.74) is -0.609. The number of aromatic amines is 1. The zero-order chi connectivity index (χ0) is 34.2. The SMILES string of the molecule is CC[C@@H]1C[C@H](N(Cc2cc(C(F)(F)F)cc(C(F)(F)F)c2)c2ccc(-c3cn[nH]c3)cn2)CN1c1cc(N2CCC(O)CC2)ncc1Cl. The summed E-state index contributed by atoms with van der Waals surface area (Å²) in [6.07, 6.45) is -1.28. The van der Waals surface area contributed by atoms with E-state index in [4.69, 9.17) is 11.6 Å². The third-order valence-electron chi connectivity index (χ3n) is 9.10. The summed E-state index contributed by atoms with van der Waals surface area (Å²) in [6.45, 7) is 3.44. The number of pyridine rings is 2. The summed E-state index contributed by atoms with van der Waals surface area (Å²) < 4.78 is 82.8. The standard InChI is InChI=1S/C33H34ClF6N7O/c1-2-25-12-26(19-46(25)29-13-31(42-17-28(29)34)45-7-5-27(48)6-8-45)47(30-4-3-21(14-41-30)22-15-43-44-16-22)18-20-9-23(32(35,36)37)11-24(10-20)33(38,39)40/h3-4,9-11,13-17,25-27,48H,2,5-8,12,18-19H2,1H3,(H,43,44)/t25-,26+/m1/s1. The highest BCUT2D eigenvalue weighted by atomic mass is 35.5. The lowest BCUT2D eigenvalue weighted by atomic mass is 10.0. The minimum absolute atomic E-state index is 0.0362. The Hall–Kier alpha value is -4.04. The van der Waals surface area contributed by atoms with Gasteiger partial charge in [-0.15, -0.1) is 0 Å². The van der Waals surface area contributed by atoms with Gasteiger partial charge in [0.1, 0.15) is 11.6 Å². The molecule has 2 aliphatic rings. The van der Waals surface area contributed by atoms with Gasteiger partial charge in [0.15, 0.2) is 0 Å². The molecule has 0 bridgehead atoms. The summed E-state index contributed by atoms with van der Waals surface area (Å²) in [4.78, 5) is 15.2. The summed E-state index contributed by atoms with van der Waals surface area (Å²) in [7, 11) is 0. The van der Waals surface area contributed by atoms with Gasteiger partial charge in [0.2, 0.25) is 0 Å². The minimum Gasteiger partial charge on any atom is -0.393 e. The van der Waals surface area contributed by atoms with Crippen LogP contribution in [0.25, 0.3) is 11.1 Å². The average molecular weight is 694 g/mol. The number of nitrogens with one attached hydrogen (secondary N) is 1. The maximum absolute atomic E-state index is 13.8. The first-order valence-electron chi connectivity index (χ1n) is 15.7. The van der Waals surface area contributed by atoms with Crippen molar-refractivity contribution in [1.82, 2.24) is 20.2 Å². The summed E-state index contributed by atoms with van der Waals surface area (Å²) in [6, 6.07) is 6.72. The average Bonchev–Trinajstić information content (AvgIpc) is 3.75. The Balaban J connectivity index is 1.36. The number of nitrogens with zero attached hydrogens (tertiary/aromatic N) is 6. The van der Waals surface area contributed by atoms with Crippen molar-refractivity contribution in [3.63, 3.8) is 0 Å². The van der Waals surface area contributed by atoms with Crippen LogP contribution >= 0.6 is 11.6 Å². The maximum Gasteiger partial charge on any atom is 0.416 e. The lowest BCUT2D eigenvalue weighted by Crippen LogP contribution is -2.38. The molecule has 2 atom stereocenters. The van der Waals surface area contributed by atoms with Crippen LogP contribution in [0.1, 0.15) is 49.3 Å². The van der Waals surface area contributed by atoms with E-state index in [0.717, 1.165) is 34.8 Å². The first kappa shape index (κ1) is 33.8. The molecule has 2 saturated heterocycles. The van der Waals surface area contributed by atoms with Crippen LogP contribution in [0.5, 0.6) is 0 Å². The van der Waals surface area contributed by atoms with Crippen LogP contribution in [0.15, 0.2) is 61.2 Å². The zero-order valence-electron chi connectivity index (χ0n) is 25.9. The van der Waals surface area contributed by atoms with E-state index in [-0.39, 0.29) is 36.4 Å². The van der Waals surface area contributed by atoms with Crippen molar-refractivity contribution in [3.8, 4) is 11.1 Å². The predicted molar refractivity (Wildman–Crippen MR) is 171 cm³/mol. The highest BCUT2D eigenvalue weighted by Gasteiger charge is 2.39. The smallest absolute Gasteiger partial charge is 0.393 e. The largest absolute Gasteiger partial charge is 0.416 e. The number of halogens is 7. The first-order valence-corrected chi connectivity index (χ1v) is 16.0. The van der Waals surface area contributed by atoms with Gasteiger partial charge < -0.3 is 19.8 Å². The predicted octanol–water partition coefficient (Wildman–Crippen LogP) is 7.58. The molecule has 5 heterocycles. The molecule has 0 aliphatic carbocycles. The summed E-state index contributed by atoms with van der Waals surface area (Å²) in [5, 5.41) is 17.1. The van der Waals surface area contributed by atoms with Crippen LogP contribution in [-0.2, 0) is 18.9 Å². The van der Waals surface area contributed by atoms with E-state index in [1.165, 1.54) is 0 Å². The van der Waals surface area contributed by atoms with E-state index >= 15 is 0 Å². The monoisotopic (exact) mass is 693 g/mol. The molecule has 48 heavy (non-hydrogen) atoms. The van der Waals surface area contributed by atoms with Crippen LogP contribution in [0.2, 0.25) is 5.02 Å². The second-order valence-corrected chi connectivity index (χ2v) is 12.7. The molecular weight excluding hydrogens is 660 g/mol. The molecule has 0 spiro atoms. The van der Waals surface area contributed by atoms with Gasteiger partial charge in [-0.1, -0.05) is 18.5 Å². The van der Waals surface area contributed by atoms with Crippen LogP contribution in [0, 0.1) is 0 Å². The Morgan fingerprint density at radius 1 is 0.938 bits per heavy atom. The molecule has 0 unspecified atom stereocenters. The summed E-state index contributed by atoms with van der Waals surface area (Å²) in [5.74, 6) is 1.12. The van der Waals surface area contributed by atoms with Gasteiger partial charge in [-0.05, 0) is 61.6 Å². The van der Waals surface area contributed by atoms with E-state index in [1.807, 2.05) is 13.0 Å². The summed E-state index contributed by atoms with van der Waals surface area (Å²) >= 11 is 6.71. The van der Waals surface area contributed by atoms with E-state index in [0.29, 0.717) is 56.2 Å². The van der Waals surface area contributed by atoms with E-state index in [9.17, 15) is 31.4 Å². The minimum atomic E-state index is -4.97. The first-order chi connectivity index (χ1) is 22.8. The number of H-pyrrole nitrogens is 1. The van der Waals surface area contributed by atoms with Gasteiger partial charge in [-0.2, -0.15) is 31.4 Å². The van der Waals surface area contributed by atoms with Crippen molar-refractivity contribution in [2.24, 2.45) is 0 Å². The second-order valence-electron chi connectivity index (χ2n) is 12.3. The second kappa shape index (κ2) is 13.5. The molecule has 0 amide bonds. The van der Waals surface area contributed by atoms with E-state index in [2.05, 4.69) is 30.0 Å². The molecule has 2 fully saturated rings. The van der Waals surface area contributed by atoms with Crippen molar-refractivity contribution in [2.45, 2.75) is 69.7 Å². The highest BCUT2D eigenvalue weighted by Crippen LogP contribution is 2.40. The van der Waals surface area contributed by atoms with Gasteiger partial charge in [0.05, 0.1) is 46.4 Å². The number of hydrogen-bond donors (Lipinski definition) is 2. The van der Waals surface area contributed by atoms with Gasteiger partial charge >= 0.3 is 12.4 Å². The third-order valence-corrected chi connectivity index (χ3v) is 9.39. The van der Waals surface area contributed by atoms with Crippen LogP contribution in [0.4, 0.5) is 43.7 Å². The van der Waals surface area contributed by atoms with Gasteiger partial charge in [-0.25, -0.2) is 9.97 Å². The molecule has 4 aromatic rings. The number of piperidine rings is 1. The molecule has 2 aliphatic heterocycles. The van der Waals surface area contributed by atoms with Gasteiger partial charge in [0, 0.05) is 61.8 Å². The Labute approximate surface area is 278 Å². The van der Waals surface area contributed by atoms with Gasteiger partial charge in [0.25, 0.3) is 0 Å². The molecule has 8 nitrogen and oxygen atoms in total. The number of alkyl halides is 6. The van der Waals surface area contributed by atoms with Crippen molar-refractivity contribution >= 4 is 28.9 Å². The van der Waals surface area contributed by atoms with Crippen molar-refractivity contribution in [2.75, 3.05) is 34.3 Å². The number of anilines is 3. The van der Waals surface area contributed by atoms with Crippen molar-refractivity contribution in [1.29, 1.82) is 0 Å². The van der Waals surface area contributed by atoms with Crippen LogP contribution in [-0.4, -0.2) is 63.1 Å². The van der Waals surface area contributed by atoms with E-state index in [1.54, 1.807) is 41.8 Å². The maximum atomic E-state index is 13.8. The normalized spacial score (nSPS) is 19.3. The Bertz CT molecular complexity index is 1660. The van der Waals surface area contributed by atoms with Crippen LogP contribution in [0.3, 0.4) is 0 Å². The Morgan fingerprint density at radius 2 is 1.65 bits per heavy atom. The van der Waals surface area contributed by atoms with Crippen molar-refractivity contribution < 1.29 is 31.4 Å². The Kier molecular flexibility index (Phi) is 9.49. The number of aromatic nitrogens is 4. The quantitative estimate of drug-likeness (QED) is 0.184. The molecule has 15 heteroatoms. The van der Waals surface area contributed by atoms with Gasteiger partial charge in [-0.3, -0.25) is 5.10 Å². The fourth-order valence-electron chi connectivity index (χ4n) is 6.55. The molecule has 3 aromatic heterocycles. The molecular formula is C33H34ClF6N7O. The molecule has 0 saturated carbocycles. The fourth-order valence-corrected chi connectivity index (χ4v) is 6.76. The number of rotatable bonds is 8. The zero-order valence-corrected chi connectivity index (χ0v) is 26.7. The number of aliphatic hydroxyl groups is 1. The van der Waals surface area contributed by atoms with Crippen molar-refractivity contribution in [3.05, 3.63) is 82.9 Å². The van der Waals surface area contributed by atoms with E-state index < -0.39 is 23.5 Å². The molecule has 1 aromatic carbocycles. The highest BCUT2D eigenvalue weighted by molar-refractivity contribution is 6.33. The molecule has 0 radical (unpaired) electrons. The topological polar surface area (TPSA) is 84.4 Å². The third kappa shape index (κ3) is 7.34. The number of benzene rings is 1. The molecule has 2 N–H and O–H groups in total. The fraction of sp³-hybridized carbons (Fsp3) is 0.424. The van der Waals surface area contributed by atoms with Crippen LogP contribution < -0.4 is 14.7 Å².